The van der Waals surface area contributed by atoms with E-state index < -0.39 is 0 Å². The molecule has 1 nitrogen and oxygen atoms in total. The van der Waals surface area contributed by atoms with Crippen LogP contribution in [0.2, 0.25) is 0 Å². The molecular weight excluding hydrogens is 391 g/mol. The van der Waals surface area contributed by atoms with Gasteiger partial charge in [-0.05, 0) is 46.9 Å². The molecule has 3 aromatic carbocycles. The summed E-state index contributed by atoms with van der Waals surface area (Å²) in [4.78, 5) is 2.38. The van der Waals surface area contributed by atoms with Crippen LogP contribution in [0, 0.1) is 3.57 Å². The number of para-hydroxylation sites is 2. The van der Waals surface area contributed by atoms with Gasteiger partial charge in [0, 0.05) is 15.7 Å². The van der Waals surface area contributed by atoms with Crippen molar-refractivity contribution in [1.82, 2.24) is 0 Å². The average molecular weight is 402 g/mol. The number of fused-ring (bicyclic) bond motifs is 3. The van der Waals surface area contributed by atoms with E-state index in [2.05, 4.69) is 83.3 Å². The summed E-state index contributed by atoms with van der Waals surface area (Å²) in [6, 6.07) is 23.0. The molecule has 21 heavy (non-hydrogen) atoms. The molecule has 0 bridgehead atoms. The fraction of sp³-hybridized carbons (Fsp3) is 0. The number of furan rings is 1. The third-order valence-corrected chi connectivity index (χ3v) is 5.31. The van der Waals surface area contributed by atoms with E-state index in [1.807, 2.05) is 6.07 Å². The van der Waals surface area contributed by atoms with E-state index in [0.717, 1.165) is 19.6 Å². The van der Waals surface area contributed by atoms with Gasteiger partial charge in [0.25, 0.3) is 0 Å². The van der Waals surface area contributed by atoms with Crippen LogP contribution in [0.3, 0.4) is 0 Å². The molecule has 0 aliphatic carbocycles. The highest BCUT2D eigenvalue weighted by molar-refractivity contribution is 14.1. The Balaban J connectivity index is 1.94. The molecule has 4 rings (SSSR count). The minimum atomic E-state index is 0.977. The number of hydrogen-bond acceptors (Lipinski definition) is 2. The standard InChI is InChI=1S/C18H11IOS/c19-15-10-4-8-13-14-9-5-11-16(18(14)20-17(13)15)21-12-6-2-1-3-7-12/h1-11H. The fourth-order valence-corrected chi connectivity index (χ4v) is 4.00. The van der Waals surface area contributed by atoms with Crippen LogP contribution in [0.5, 0.6) is 0 Å². The van der Waals surface area contributed by atoms with Gasteiger partial charge < -0.3 is 4.42 Å². The molecule has 0 aliphatic rings. The van der Waals surface area contributed by atoms with Crippen molar-refractivity contribution in [3.63, 3.8) is 0 Å². The Labute approximate surface area is 140 Å². The predicted molar refractivity (Wildman–Crippen MR) is 97.0 cm³/mol. The van der Waals surface area contributed by atoms with Crippen molar-refractivity contribution in [1.29, 1.82) is 0 Å². The first-order chi connectivity index (χ1) is 10.3. The van der Waals surface area contributed by atoms with Crippen LogP contribution in [0.4, 0.5) is 0 Å². The molecular formula is C18H11IOS. The van der Waals surface area contributed by atoms with Crippen LogP contribution >= 0.6 is 34.4 Å². The zero-order valence-corrected chi connectivity index (χ0v) is 14.0. The van der Waals surface area contributed by atoms with E-state index in [4.69, 9.17) is 4.42 Å². The van der Waals surface area contributed by atoms with Gasteiger partial charge in [0.15, 0.2) is 0 Å². The quantitative estimate of drug-likeness (QED) is 0.363. The van der Waals surface area contributed by atoms with Gasteiger partial charge in [0.05, 0.1) is 8.47 Å². The highest BCUT2D eigenvalue weighted by Crippen LogP contribution is 2.39. The number of hydrogen-bond donors (Lipinski definition) is 0. The third kappa shape index (κ3) is 2.34. The van der Waals surface area contributed by atoms with E-state index >= 15 is 0 Å². The van der Waals surface area contributed by atoms with E-state index in [1.54, 1.807) is 11.8 Å². The predicted octanol–water partition coefficient (Wildman–Crippen LogP) is 6.34. The zero-order chi connectivity index (χ0) is 14.2. The van der Waals surface area contributed by atoms with Gasteiger partial charge in [-0.1, -0.05) is 54.2 Å². The lowest BCUT2D eigenvalue weighted by Crippen LogP contribution is -1.74. The molecule has 0 atom stereocenters. The van der Waals surface area contributed by atoms with E-state index in [1.165, 1.54) is 15.7 Å². The molecule has 0 saturated heterocycles. The highest BCUT2D eigenvalue weighted by Gasteiger charge is 2.12. The summed E-state index contributed by atoms with van der Waals surface area (Å²) in [5, 5.41) is 2.37. The van der Waals surface area contributed by atoms with Gasteiger partial charge in [0.2, 0.25) is 0 Å². The van der Waals surface area contributed by atoms with Crippen LogP contribution < -0.4 is 0 Å². The Morgan fingerprint density at radius 2 is 1.43 bits per heavy atom. The Morgan fingerprint density at radius 1 is 0.714 bits per heavy atom. The fourth-order valence-electron chi connectivity index (χ4n) is 2.46. The number of benzene rings is 3. The summed E-state index contributed by atoms with van der Waals surface area (Å²) in [6.07, 6.45) is 0. The molecule has 0 spiro atoms. The second-order valence-corrected chi connectivity index (χ2v) is 7.04. The van der Waals surface area contributed by atoms with Gasteiger partial charge in [-0.15, -0.1) is 0 Å². The van der Waals surface area contributed by atoms with E-state index in [-0.39, 0.29) is 0 Å². The Morgan fingerprint density at radius 3 is 2.24 bits per heavy atom. The van der Waals surface area contributed by atoms with Crippen molar-refractivity contribution in [3.05, 3.63) is 70.3 Å². The molecule has 0 radical (unpaired) electrons. The van der Waals surface area contributed by atoms with Gasteiger partial charge in [-0.3, -0.25) is 0 Å². The zero-order valence-electron chi connectivity index (χ0n) is 11.0. The molecule has 3 heteroatoms. The highest BCUT2D eigenvalue weighted by atomic mass is 127. The number of rotatable bonds is 2. The van der Waals surface area contributed by atoms with Gasteiger partial charge in [-0.2, -0.15) is 0 Å². The summed E-state index contributed by atoms with van der Waals surface area (Å²) < 4.78 is 7.31. The molecule has 1 aromatic heterocycles. The first-order valence-corrected chi connectivity index (χ1v) is 8.55. The molecule has 0 unspecified atom stereocenters. The lowest BCUT2D eigenvalue weighted by Gasteiger charge is -2.01. The second-order valence-electron chi connectivity index (χ2n) is 4.77. The molecule has 0 fully saturated rings. The minimum Gasteiger partial charge on any atom is -0.454 e. The van der Waals surface area contributed by atoms with Crippen LogP contribution in [0.25, 0.3) is 21.9 Å². The number of halogens is 1. The maximum Gasteiger partial charge on any atom is 0.149 e. The Kier molecular flexibility index (Phi) is 3.39. The summed E-state index contributed by atoms with van der Waals surface area (Å²) in [5.41, 5.74) is 1.96. The summed E-state index contributed by atoms with van der Waals surface area (Å²) in [7, 11) is 0. The lowest BCUT2D eigenvalue weighted by atomic mass is 10.1. The minimum absolute atomic E-state index is 0.977. The van der Waals surface area contributed by atoms with Crippen molar-refractivity contribution in [2.45, 2.75) is 9.79 Å². The first kappa shape index (κ1) is 13.2. The van der Waals surface area contributed by atoms with E-state index in [9.17, 15) is 0 Å². The van der Waals surface area contributed by atoms with Crippen molar-refractivity contribution in [2.24, 2.45) is 0 Å². The van der Waals surface area contributed by atoms with Gasteiger partial charge in [0.1, 0.15) is 11.2 Å². The molecule has 102 valence electrons. The van der Waals surface area contributed by atoms with Crippen molar-refractivity contribution in [3.8, 4) is 0 Å². The first-order valence-electron chi connectivity index (χ1n) is 6.65. The second kappa shape index (κ2) is 5.39. The molecule has 1 heterocycles. The molecule has 0 N–H and O–H groups in total. The SMILES string of the molecule is Ic1cccc2c1oc1c(Sc3ccccc3)cccc12. The monoisotopic (exact) mass is 402 g/mol. The molecule has 0 saturated carbocycles. The van der Waals surface area contributed by atoms with Crippen molar-refractivity contribution in [2.75, 3.05) is 0 Å². The third-order valence-electron chi connectivity index (χ3n) is 3.41. The van der Waals surface area contributed by atoms with E-state index in [0.29, 0.717) is 0 Å². The maximum absolute atomic E-state index is 6.16. The van der Waals surface area contributed by atoms with Crippen LogP contribution in [-0.2, 0) is 0 Å². The molecule has 0 aliphatic heterocycles. The normalized spacial score (nSPS) is 11.3. The lowest BCUT2D eigenvalue weighted by molar-refractivity contribution is 0.658. The van der Waals surface area contributed by atoms with Gasteiger partial charge in [-0.25, -0.2) is 0 Å². The van der Waals surface area contributed by atoms with Crippen molar-refractivity contribution < 1.29 is 4.42 Å². The molecule has 0 amide bonds. The summed E-state index contributed by atoms with van der Waals surface area (Å²) in [6.45, 7) is 0. The Bertz CT molecular complexity index is 928. The molecule has 4 aromatic rings. The van der Waals surface area contributed by atoms with Crippen molar-refractivity contribution >= 4 is 56.3 Å². The summed E-state index contributed by atoms with van der Waals surface area (Å²) in [5.74, 6) is 0. The average Bonchev–Trinajstić information content (AvgIpc) is 2.90. The van der Waals surface area contributed by atoms with Crippen LogP contribution in [-0.4, -0.2) is 0 Å². The van der Waals surface area contributed by atoms with Gasteiger partial charge >= 0.3 is 0 Å². The largest absolute Gasteiger partial charge is 0.454 e. The maximum atomic E-state index is 6.16. The summed E-state index contributed by atoms with van der Waals surface area (Å²) >= 11 is 4.07. The van der Waals surface area contributed by atoms with Crippen LogP contribution in [0.1, 0.15) is 0 Å². The topological polar surface area (TPSA) is 13.1 Å². The smallest absolute Gasteiger partial charge is 0.149 e. The Hall–Kier alpha value is -1.46. The van der Waals surface area contributed by atoms with Crippen LogP contribution in [0.15, 0.2) is 80.9 Å².